The van der Waals surface area contributed by atoms with E-state index >= 15 is 0 Å². The molecule has 1 aromatic heterocycles. The van der Waals surface area contributed by atoms with Crippen LogP contribution in [0, 0.1) is 5.82 Å². The number of benzene rings is 1. The van der Waals surface area contributed by atoms with Gasteiger partial charge in [-0.1, -0.05) is 18.7 Å². The average Bonchev–Trinajstić information content (AvgIpc) is 2.74. The van der Waals surface area contributed by atoms with E-state index in [2.05, 4.69) is 29.5 Å². The summed E-state index contributed by atoms with van der Waals surface area (Å²) < 4.78 is 14.8. The summed E-state index contributed by atoms with van der Waals surface area (Å²) in [7, 11) is 0. The van der Waals surface area contributed by atoms with Crippen LogP contribution in [0.4, 0.5) is 4.39 Å². The van der Waals surface area contributed by atoms with E-state index in [-0.39, 0.29) is 5.82 Å². The minimum absolute atomic E-state index is 0.249. The first-order valence-corrected chi connectivity index (χ1v) is 6.67. The van der Waals surface area contributed by atoms with Gasteiger partial charge in [-0.25, -0.2) is 9.07 Å². The molecule has 1 aromatic carbocycles. The van der Waals surface area contributed by atoms with E-state index in [0.29, 0.717) is 11.3 Å². The molecule has 0 aliphatic carbocycles. The molecule has 1 aliphatic heterocycles. The molecule has 0 amide bonds. The number of aromatic nitrogens is 3. The summed E-state index contributed by atoms with van der Waals surface area (Å²) in [6.07, 6.45) is 0. The lowest BCUT2D eigenvalue weighted by molar-refractivity contribution is 0.617. The lowest BCUT2D eigenvalue weighted by atomic mass is 10.2. The highest BCUT2D eigenvalue weighted by atomic mass is 32.2. The van der Waals surface area contributed by atoms with Crippen molar-refractivity contribution in [1.29, 1.82) is 0 Å². The number of nitrogens with zero attached hydrogens (tertiary/aromatic N) is 3. The molecule has 1 aliphatic rings. The van der Waals surface area contributed by atoms with Crippen LogP contribution in [-0.4, -0.2) is 26.2 Å². The Kier molecular flexibility index (Phi) is 2.74. The second kappa shape index (κ2) is 4.28. The van der Waals surface area contributed by atoms with Crippen LogP contribution in [0.3, 0.4) is 0 Å². The molecule has 0 spiro atoms. The third-order valence-corrected chi connectivity index (χ3v) is 4.32. The number of thioether (sulfide) groups is 1. The van der Waals surface area contributed by atoms with Crippen LogP contribution < -0.4 is 5.43 Å². The number of halogens is 1. The molecule has 2 unspecified atom stereocenters. The van der Waals surface area contributed by atoms with Crippen molar-refractivity contribution in [2.24, 2.45) is 0 Å². The van der Waals surface area contributed by atoms with Crippen LogP contribution >= 0.6 is 11.8 Å². The van der Waals surface area contributed by atoms with E-state index in [0.717, 1.165) is 16.5 Å². The maximum absolute atomic E-state index is 12.9. The fraction of sp³-hybridized carbons (Fsp3) is 0.333. The van der Waals surface area contributed by atoms with Crippen molar-refractivity contribution in [3.63, 3.8) is 0 Å². The quantitative estimate of drug-likeness (QED) is 0.859. The fourth-order valence-corrected chi connectivity index (χ4v) is 2.76. The summed E-state index contributed by atoms with van der Waals surface area (Å²) in [6.45, 7) is 4.27. The predicted octanol–water partition coefficient (Wildman–Crippen LogP) is 2.51. The Hall–Kier alpha value is -1.56. The van der Waals surface area contributed by atoms with Gasteiger partial charge in [-0.15, -0.1) is 10.2 Å². The predicted molar refractivity (Wildman–Crippen MR) is 69.6 cm³/mol. The number of hydrogen-bond acceptors (Lipinski definition) is 4. The lowest BCUT2D eigenvalue weighted by Gasteiger charge is -2.28. The molecule has 2 heterocycles. The minimum atomic E-state index is -0.249. The molecule has 1 N–H and O–H groups in total. The summed E-state index contributed by atoms with van der Waals surface area (Å²) in [4.78, 5) is 0. The van der Waals surface area contributed by atoms with Gasteiger partial charge in [-0.2, -0.15) is 0 Å². The molecule has 2 atom stereocenters. The highest BCUT2D eigenvalue weighted by Gasteiger charge is 2.26. The number of fused-ring (bicyclic) bond motifs is 1. The van der Waals surface area contributed by atoms with Gasteiger partial charge >= 0.3 is 0 Å². The molecule has 0 fully saturated rings. The molecular weight excluding hydrogens is 251 g/mol. The Morgan fingerprint density at radius 1 is 1.22 bits per heavy atom. The number of nitrogens with one attached hydrogen (secondary N) is 1. The molecule has 0 bridgehead atoms. The van der Waals surface area contributed by atoms with E-state index in [1.807, 2.05) is 4.68 Å². The molecule has 0 saturated carbocycles. The lowest BCUT2D eigenvalue weighted by Crippen LogP contribution is -2.37. The Balaban J connectivity index is 2.02. The first-order chi connectivity index (χ1) is 8.65. The molecule has 4 nitrogen and oxygen atoms in total. The summed E-state index contributed by atoms with van der Waals surface area (Å²) in [5.74, 6) is 0.470. The maximum Gasteiger partial charge on any atom is 0.210 e. The zero-order valence-corrected chi connectivity index (χ0v) is 10.9. The van der Waals surface area contributed by atoms with E-state index in [1.54, 1.807) is 23.9 Å². The van der Waals surface area contributed by atoms with Crippen molar-refractivity contribution < 1.29 is 4.39 Å². The molecule has 0 saturated heterocycles. The molecular formula is C12H13FN4S. The molecule has 2 aromatic rings. The second-order valence-electron chi connectivity index (χ2n) is 4.39. The van der Waals surface area contributed by atoms with Gasteiger partial charge in [0.1, 0.15) is 5.82 Å². The summed E-state index contributed by atoms with van der Waals surface area (Å²) >= 11 is 1.69. The van der Waals surface area contributed by atoms with Gasteiger partial charge in [0.05, 0.1) is 6.04 Å². The van der Waals surface area contributed by atoms with Crippen molar-refractivity contribution in [1.82, 2.24) is 14.9 Å². The third kappa shape index (κ3) is 1.86. The SMILES string of the molecule is CC1Nn2c(nnc2-c2ccc(F)cc2)SC1C. The standard InChI is InChI=1S/C12H13FN4S/c1-7-8(2)18-12-15-14-11(17(12)16-7)9-3-5-10(13)6-4-9/h3-8,16H,1-2H3. The van der Waals surface area contributed by atoms with Crippen LogP contribution in [0.5, 0.6) is 0 Å². The van der Waals surface area contributed by atoms with Gasteiger partial charge in [0.25, 0.3) is 0 Å². The van der Waals surface area contributed by atoms with E-state index in [4.69, 9.17) is 0 Å². The number of hydrogen-bond donors (Lipinski definition) is 1. The van der Waals surface area contributed by atoms with Crippen LogP contribution in [-0.2, 0) is 0 Å². The van der Waals surface area contributed by atoms with Gasteiger partial charge in [0.15, 0.2) is 5.82 Å². The largest absolute Gasteiger partial charge is 0.318 e. The van der Waals surface area contributed by atoms with Crippen LogP contribution in [0.2, 0.25) is 0 Å². The smallest absolute Gasteiger partial charge is 0.210 e. The van der Waals surface area contributed by atoms with Crippen molar-refractivity contribution in [2.45, 2.75) is 30.3 Å². The maximum atomic E-state index is 12.9. The van der Waals surface area contributed by atoms with Crippen LogP contribution in [0.1, 0.15) is 13.8 Å². The van der Waals surface area contributed by atoms with Gasteiger partial charge < -0.3 is 5.43 Å². The van der Waals surface area contributed by atoms with Gasteiger partial charge in [-0.05, 0) is 31.2 Å². The van der Waals surface area contributed by atoms with Crippen molar-refractivity contribution in [2.75, 3.05) is 5.43 Å². The second-order valence-corrected chi connectivity index (χ2v) is 5.73. The van der Waals surface area contributed by atoms with Crippen molar-refractivity contribution >= 4 is 11.8 Å². The monoisotopic (exact) mass is 264 g/mol. The van der Waals surface area contributed by atoms with Crippen LogP contribution in [0.15, 0.2) is 29.4 Å². The molecule has 3 rings (SSSR count). The minimum Gasteiger partial charge on any atom is -0.318 e. The highest BCUT2D eigenvalue weighted by molar-refractivity contribution is 7.99. The van der Waals surface area contributed by atoms with E-state index in [1.165, 1.54) is 12.1 Å². The molecule has 0 radical (unpaired) electrons. The van der Waals surface area contributed by atoms with Gasteiger partial charge in [0.2, 0.25) is 5.16 Å². The van der Waals surface area contributed by atoms with Crippen LogP contribution in [0.25, 0.3) is 11.4 Å². The Morgan fingerprint density at radius 3 is 2.67 bits per heavy atom. The van der Waals surface area contributed by atoms with Crippen molar-refractivity contribution in [3.8, 4) is 11.4 Å². The molecule has 94 valence electrons. The van der Waals surface area contributed by atoms with Gasteiger partial charge in [0, 0.05) is 10.8 Å². The Morgan fingerprint density at radius 2 is 1.94 bits per heavy atom. The van der Waals surface area contributed by atoms with E-state index < -0.39 is 0 Å². The Bertz CT molecular complexity index is 566. The first kappa shape index (κ1) is 11.5. The zero-order chi connectivity index (χ0) is 12.7. The summed E-state index contributed by atoms with van der Waals surface area (Å²) in [6, 6.07) is 6.61. The fourth-order valence-electron chi connectivity index (χ4n) is 1.83. The average molecular weight is 264 g/mol. The normalized spacial score (nSPS) is 22.4. The van der Waals surface area contributed by atoms with E-state index in [9.17, 15) is 4.39 Å². The first-order valence-electron chi connectivity index (χ1n) is 5.79. The number of rotatable bonds is 1. The summed E-state index contributed by atoms with van der Waals surface area (Å²) in [5, 5.41) is 9.63. The van der Waals surface area contributed by atoms with Crippen molar-refractivity contribution in [3.05, 3.63) is 30.1 Å². The highest BCUT2D eigenvalue weighted by Crippen LogP contribution is 2.31. The van der Waals surface area contributed by atoms with Gasteiger partial charge in [-0.3, -0.25) is 0 Å². The molecule has 18 heavy (non-hydrogen) atoms. The topological polar surface area (TPSA) is 42.7 Å². The Labute approximate surface area is 109 Å². The zero-order valence-electron chi connectivity index (χ0n) is 10.1. The summed E-state index contributed by atoms with van der Waals surface area (Å²) in [5.41, 5.74) is 4.20. The third-order valence-electron chi connectivity index (χ3n) is 3.06. The molecule has 6 heteroatoms.